The van der Waals surface area contributed by atoms with Crippen LogP contribution in [0.4, 0.5) is 11.7 Å². The highest BCUT2D eigenvalue weighted by Crippen LogP contribution is 2.31. The Hall–Kier alpha value is -3.55. The number of aromatic nitrogens is 3. The molecule has 2 aromatic carbocycles. The highest BCUT2D eigenvalue weighted by atomic mass is 16.4. The van der Waals surface area contributed by atoms with Gasteiger partial charge in [0.05, 0.1) is 18.5 Å². The topological polar surface area (TPSA) is 96.1 Å². The lowest BCUT2D eigenvalue weighted by Gasteiger charge is -2.09. The van der Waals surface area contributed by atoms with Gasteiger partial charge in [-0.05, 0) is 41.3 Å². The van der Waals surface area contributed by atoms with E-state index >= 15 is 0 Å². The molecule has 0 aliphatic carbocycles. The van der Waals surface area contributed by atoms with Crippen LogP contribution in [0.3, 0.4) is 0 Å². The number of benzene rings is 2. The minimum absolute atomic E-state index is 0.0982. The lowest BCUT2D eigenvalue weighted by molar-refractivity contribution is 0.292. The smallest absolute Gasteiger partial charge is 0.320 e. The van der Waals surface area contributed by atoms with Crippen LogP contribution in [0.25, 0.3) is 22.6 Å². The van der Waals surface area contributed by atoms with Gasteiger partial charge in [0.2, 0.25) is 5.89 Å². The predicted octanol–water partition coefficient (Wildman–Crippen LogP) is 3.93. The van der Waals surface area contributed by atoms with Gasteiger partial charge in [0.1, 0.15) is 0 Å². The summed E-state index contributed by atoms with van der Waals surface area (Å²) in [6.45, 7) is 3.30. The fourth-order valence-electron chi connectivity index (χ4n) is 3.27. The molecule has 7 nitrogen and oxygen atoms in total. The molecule has 0 amide bonds. The maximum absolute atomic E-state index is 8.87. The Balaban J connectivity index is 1.53. The van der Waals surface area contributed by atoms with E-state index < -0.39 is 0 Å². The molecule has 0 aliphatic rings. The molecule has 0 unspecified atom stereocenters. The molecule has 7 heteroatoms. The summed E-state index contributed by atoms with van der Waals surface area (Å²) < 4.78 is 5.87. The average Bonchev–Trinajstić information content (AvgIpc) is 3.23. The number of nitrogens with one attached hydrogen (secondary N) is 2. The standard InChI is InChI=1S/C23H23N5O2/c1-16-20(18-6-3-2-4-7-18)8-5-9-21(16)22-27-28-23(30-22)26-19-12-17(14-25-15-19)13-24-10-11-29/h2-9,12,14-15,24,29H,10-11,13H2,1H3,(H,26,28). The van der Waals surface area contributed by atoms with Crippen LogP contribution < -0.4 is 10.6 Å². The van der Waals surface area contributed by atoms with E-state index in [1.165, 1.54) is 0 Å². The highest BCUT2D eigenvalue weighted by Gasteiger charge is 2.14. The molecule has 4 aromatic rings. The Morgan fingerprint density at radius 3 is 2.63 bits per heavy atom. The van der Waals surface area contributed by atoms with Crippen LogP contribution in [0.15, 0.2) is 71.4 Å². The molecule has 0 bridgehead atoms. The molecule has 4 rings (SSSR count). The van der Waals surface area contributed by atoms with Crippen molar-refractivity contribution in [2.75, 3.05) is 18.5 Å². The maximum Gasteiger partial charge on any atom is 0.320 e. The molecule has 0 saturated carbocycles. The van der Waals surface area contributed by atoms with Crippen molar-refractivity contribution in [1.29, 1.82) is 0 Å². The van der Waals surface area contributed by atoms with Gasteiger partial charge in [-0.25, -0.2) is 0 Å². The number of aliphatic hydroxyl groups is 1. The number of hydrogen-bond acceptors (Lipinski definition) is 7. The highest BCUT2D eigenvalue weighted by molar-refractivity contribution is 5.75. The molecular formula is C23H23N5O2. The van der Waals surface area contributed by atoms with Crippen molar-refractivity contribution in [3.05, 3.63) is 78.1 Å². The molecule has 2 aromatic heterocycles. The Bertz CT molecular complexity index is 1110. The van der Waals surface area contributed by atoms with E-state index in [1.807, 2.05) is 36.4 Å². The molecule has 0 fully saturated rings. The van der Waals surface area contributed by atoms with E-state index in [0.29, 0.717) is 25.0 Å². The molecule has 152 valence electrons. The first-order valence-corrected chi connectivity index (χ1v) is 9.76. The second kappa shape index (κ2) is 9.30. The zero-order valence-electron chi connectivity index (χ0n) is 16.7. The first-order chi connectivity index (χ1) is 14.7. The Labute approximate surface area is 174 Å². The second-order valence-corrected chi connectivity index (χ2v) is 6.86. The molecule has 0 spiro atoms. The second-order valence-electron chi connectivity index (χ2n) is 6.86. The van der Waals surface area contributed by atoms with Gasteiger partial charge in [0.25, 0.3) is 0 Å². The van der Waals surface area contributed by atoms with Crippen LogP contribution in [0.2, 0.25) is 0 Å². The van der Waals surface area contributed by atoms with Crippen molar-refractivity contribution in [3.63, 3.8) is 0 Å². The summed E-state index contributed by atoms with van der Waals surface area (Å²) in [5.74, 6) is 0.460. The van der Waals surface area contributed by atoms with Crippen LogP contribution in [0.1, 0.15) is 11.1 Å². The number of rotatable bonds is 8. The van der Waals surface area contributed by atoms with Crippen LogP contribution in [0, 0.1) is 6.92 Å². The Morgan fingerprint density at radius 2 is 1.80 bits per heavy atom. The first-order valence-electron chi connectivity index (χ1n) is 9.76. The van der Waals surface area contributed by atoms with Gasteiger partial charge in [0, 0.05) is 24.8 Å². The summed E-state index contributed by atoms with van der Waals surface area (Å²) in [5.41, 5.74) is 6.00. The summed E-state index contributed by atoms with van der Waals surface area (Å²) in [7, 11) is 0. The van der Waals surface area contributed by atoms with Crippen molar-refractivity contribution in [3.8, 4) is 22.6 Å². The Kier molecular flexibility index (Phi) is 6.12. The average molecular weight is 401 g/mol. The minimum atomic E-state index is 0.0982. The summed E-state index contributed by atoms with van der Waals surface area (Å²) in [4.78, 5) is 4.23. The van der Waals surface area contributed by atoms with E-state index in [0.717, 1.165) is 33.5 Å². The molecule has 0 aliphatic heterocycles. The van der Waals surface area contributed by atoms with E-state index in [1.54, 1.807) is 12.4 Å². The van der Waals surface area contributed by atoms with E-state index in [4.69, 9.17) is 9.52 Å². The molecule has 0 radical (unpaired) electrons. The van der Waals surface area contributed by atoms with E-state index in [2.05, 4.69) is 50.9 Å². The fraction of sp³-hybridized carbons (Fsp3) is 0.174. The normalized spacial score (nSPS) is 10.9. The van der Waals surface area contributed by atoms with Crippen LogP contribution >= 0.6 is 0 Å². The third-order valence-electron chi connectivity index (χ3n) is 4.74. The van der Waals surface area contributed by atoms with Gasteiger partial charge in [0.15, 0.2) is 0 Å². The van der Waals surface area contributed by atoms with E-state index in [9.17, 15) is 0 Å². The van der Waals surface area contributed by atoms with Crippen LogP contribution in [0.5, 0.6) is 0 Å². The Morgan fingerprint density at radius 1 is 0.967 bits per heavy atom. The van der Waals surface area contributed by atoms with Crippen molar-refractivity contribution < 1.29 is 9.52 Å². The summed E-state index contributed by atoms with van der Waals surface area (Å²) >= 11 is 0. The summed E-state index contributed by atoms with van der Waals surface area (Å²) in [5, 5.41) is 23.5. The van der Waals surface area contributed by atoms with Crippen LogP contribution in [-0.4, -0.2) is 33.4 Å². The van der Waals surface area contributed by atoms with Crippen LogP contribution in [-0.2, 0) is 6.54 Å². The molecule has 3 N–H and O–H groups in total. The van der Waals surface area contributed by atoms with Gasteiger partial charge in [-0.15, -0.1) is 5.10 Å². The first kappa shape index (κ1) is 19.8. The molecule has 30 heavy (non-hydrogen) atoms. The predicted molar refractivity (Wildman–Crippen MR) is 116 cm³/mol. The third kappa shape index (κ3) is 4.53. The van der Waals surface area contributed by atoms with Gasteiger partial charge < -0.3 is 20.2 Å². The third-order valence-corrected chi connectivity index (χ3v) is 4.74. The van der Waals surface area contributed by atoms with Crippen molar-refractivity contribution in [2.45, 2.75) is 13.5 Å². The molecule has 2 heterocycles. The van der Waals surface area contributed by atoms with Gasteiger partial charge in [-0.1, -0.05) is 47.6 Å². The van der Waals surface area contributed by atoms with Gasteiger partial charge in [-0.2, -0.15) is 0 Å². The molecule has 0 atom stereocenters. The molecule has 0 saturated heterocycles. The quantitative estimate of drug-likeness (QED) is 0.385. The number of hydrogen-bond donors (Lipinski definition) is 3. The summed E-state index contributed by atoms with van der Waals surface area (Å²) in [6.07, 6.45) is 3.47. The van der Waals surface area contributed by atoms with Crippen molar-refractivity contribution in [1.82, 2.24) is 20.5 Å². The zero-order chi connectivity index (χ0) is 20.8. The van der Waals surface area contributed by atoms with Crippen molar-refractivity contribution in [2.24, 2.45) is 0 Å². The van der Waals surface area contributed by atoms with Gasteiger partial charge in [-0.3, -0.25) is 4.98 Å². The largest absolute Gasteiger partial charge is 0.403 e. The van der Waals surface area contributed by atoms with Gasteiger partial charge >= 0.3 is 6.01 Å². The number of pyridine rings is 1. The van der Waals surface area contributed by atoms with E-state index in [-0.39, 0.29) is 6.61 Å². The monoisotopic (exact) mass is 401 g/mol. The maximum atomic E-state index is 8.87. The zero-order valence-corrected chi connectivity index (χ0v) is 16.7. The number of nitrogens with zero attached hydrogens (tertiary/aromatic N) is 3. The summed E-state index contributed by atoms with van der Waals surface area (Å²) in [6, 6.07) is 18.5. The minimum Gasteiger partial charge on any atom is -0.403 e. The fourth-order valence-corrected chi connectivity index (χ4v) is 3.27. The number of anilines is 2. The lowest BCUT2D eigenvalue weighted by atomic mass is 9.96. The van der Waals surface area contributed by atoms with Crippen molar-refractivity contribution >= 4 is 11.7 Å². The lowest BCUT2D eigenvalue weighted by Crippen LogP contribution is -2.17. The molecular weight excluding hydrogens is 378 g/mol. The SMILES string of the molecule is Cc1c(-c2ccccc2)cccc1-c1nnc(Nc2cncc(CNCCO)c2)o1. The number of aliphatic hydroxyl groups excluding tert-OH is 1.